The van der Waals surface area contributed by atoms with Gasteiger partial charge in [-0.25, -0.2) is 0 Å². The average molecular weight is 481 g/mol. The molecule has 6 rings (SSSR count). The van der Waals surface area contributed by atoms with E-state index in [0.29, 0.717) is 10.0 Å². The lowest BCUT2D eigenvalue weighted by atomic mass is 10.1. The first-order chi connectivity index (χ1) is 17.0. The third-order valence-electron chi connectivity index (χ3n) is 5.70. The third kappa shape index (κ3) is 3.80. The van der Waals surface area contributed by atoms with Crippen LogP contribution in [0.4, 0.5) is 0 Å². The molecule has 2 aliphatic heterocycles. The lowest BCUT2D eigenvalue weighted by molar-refractivity contribution is 0.00845. The molecule has 0 N–H and O–H groups in total. The van der Waals surface area contributed by atoms with Crippen molar-refractivity contribution >= 4 is 35.2 Å². The second-order valence-electron chi connectivity index (χ2n) is 7.78. The highest BCUT2D eigenvalue weighted by atomic mass is 35.5. The van der Waals surface area contributed by atoms with E-state index in [-0.39, 0.29) is 27.3 Å². The maximum Gasteiger partial charge on any atom is 0.282 e. The Balaban J connectivity index is 0.000000178. The molecule has 6 nitrogen and oxygen atoms in total. The van der Waals surface area contributed by atoms with E-state index in [1.807, 2.05) is 12.1 Å². The van der Waals surface area contributed by atoms with Gasteiger partial charge >= 0.3 is 0 Å². The van der Waals surface area contributed by atoms with Gasteiger partial charge in [0.15, 0.2) is 0 Å². The molecule has 0 unspecified atom stereocenters. The summed E-state index contributed by atoms with van der Waals surface area (Å²) in [6, 6.07) is 31.4. The molecule has 0 bridgehead atoms. The second-order valence-corrected chi connectivity index (χ2v) is 8.19. The predicted octanol–water partition coefficient (Wildman–Crippen LogP) is 5.50. The van der Waals surface area contributed by atoms with Crippen molar-refractivity contribution in [1.29, 1.82) is 0 Å². The number of hydrogen-bond acceptors (Lipinski definition) is 4. The molecule has 4 aromatic carbocycles. The van der Waals surface area contributed by atoms with Crippen LogP contribution < -0.4 is 0 Å². The fourth-order valence-electron chi connectivity index (χ4n) is 4.03. The summed E-state index contributed by atoms with van der Waals surface area (Å²) in [5.41, 5.74) is 2.92. The SMILES string of the molecule is O=C1c2ccccc2C(=O)N1N1C(=O)c2cccc(Cl)c2C1=O.c1ccc(-c2ccccc2)cc1. The van der Waals surface area contributed by atoms with E-state index in [1.54, 1.807) is 12.1 Å². The third-order valence-corrected chi connectivity index (χ3v) is 6.01. The molecule has 2 aliphatic rings. The highest BCUT2D eigenvalue weighted by Crippen LogP contribution is 2.33. The topological polar surface area (TPSA) is 74.8 Å². The Labute approximate surface area is 205 Å². The van der Waals surface area contributed by atoms with Crippen molar-refractivity contribution < 1.29 is 19.2 Å². The van der Waals surface area contributed by atoms with Gasteiger partial charge in [0.25, 0.3) is 23.6 Å². The van der Waals surface area contributed by atoms with E-state index < -0.39 is 23.6 Å². The van der Waals surface area contributed by atoms with Crippen molar-refractivity contribution in [3.63, 3.8) is 0 Å². The Bertz CT molecular complexity index is 1410. The van der Waals surface area contributed by atoms with E-state index >= 15 is 0 Å². The zero-order valence-corrected chi connectivity index (χ0v) is 19.0. The van der Waals surface area contributed by atoms with Crippen molar-refractivity contribution in [1.82, 2.24) is 10.0 Å². The number of amides is 4. The molecule has 170 valence electrons. The lowest BCUT2D eigenvalue weighted by Gasteiger charge is -2.23. The number of carbonyl (C=O) groups excluding carboxylic acids is 4. The Morgan fingerprint density at radius 1 is 0.429 bits per heavy atom. The van der Waals surface area contributed by atoms with Crippen LogP contribution in [0.3, 0.4) is 0 Å². The molecule has 35 heavy (non-hydrogen) atoms. The van der Waals surface area contributed by atoms with Crippen LogP contribution in [0.25, 0.3) is 11.1 Å². The number of carbonyl (C=O) groups is 4. The van der Waals surface area contributed by atoms with Crippen molar-refractivity contribution in [2.24, 2.45) is 0 Å². The largest absolute Gasteiger partial charge is 0.282 e. The van der Waals surface area contributed by atoms with Crippen LogP contribution in [0.15, 0.2) is 103 Å². The van der Waals surface area contributed by atoms with Crippen molar-refractivity contribution in [2.45, 2.75) is 0 Å². The summed E-state index contributed by atoms with van der Waals surface area (Å²) in [4.78, 5) is 49.9. The molecule has 4 aromatic rings. The van der Waals surface area contributed by atoms with Crippen molar-refractivity contribution in [3.8, 4) is 11.1 Å². The maximum absolute atomic E-state index is 12.5. The van der Waals surface area contributed by atoms with Gasteiger partial charge in [0.1, 0.15) is 0 Å². The van der Waals surface area contributed by atoms with Gasteiger partial charge in [0.05, 0.1) is 27.3 Å². The normalized spacial score (nSPS) is 14.0. The summed E-state index contributed by atoms with van der Waals surface area (Å²) in [5, 5.41) is 1.23. The van der Waals surface area contributed by atoms with E-state index in [1.165, 1.54) is 41.5 Å². The zero-order valence-electron chi connectivity index (χ0n) is 18.2. The van der Waals surface area contributed by atoms with Gasteiger partial charge in [0, 0.05) is 0 Å². The highest BCUT2D eigenvalue weighted by Gasteiger charge is 2.49. The number of hydrogen-bond donors (Lipinski definition) is 0. The first-order valence-electron chi connectivity index (χ1n) is 10.7. The predicted molar refractivity (Wildman–Crippen MR) is 131 cm³/mol. The second kappa shape index (κ2) is 9.00. The van der Waals surface area contributed by atoms with Gasteiger partial charge in [-0.05, 0) is 35.4 Å². The van der Waals surface area contributed by atoms with Crippen molar-refractivity contribution in [2.75, 3.05) is 0 Å². The van der Waals surface area contributed by atoms with Gasteiger partial charge in [-0.3, -0.25) is 19.2 Å². The molecular formula is C28H17ClN2O4. The molecule has 0 radical (unpaired) electrons. The number of benzene rings is 4. The molecular weight excluding hydrogens is 464 g/mol. The molecule has 0 aromatic heterocycles. The van der Waals surface area contributed by atoms with Gasteiger partial charge in [-0.1, -0.05) is 90.5 Å². The molecule has 0 saturated heterocycles. The van der Waals surface area contributed by atoms with Gasteiger partial charge in [0.2, 0.25) is 0 Å². The summed E-state index contributed by atoms with van der Waals surface area (Å²) in [6.07, 6.45) is 0. The fraction of sp³-hybridized carbons (Fsp3) is 0. The Kier molecular flexibility index (Phi) is 5.73. The molecule has 0 spiro atoms. The number of halogens is 1. The van der Waals surface area contributed by atoms with E-state index in [0.717, 1.165) is 0 Å². The van der Waals surface area contributed by atoms with Crippen LogP contribution in [0.2, 0.25) is 5.02 Å². The lowest BCUT2D eigenvalue weighted by Crippen LogP contribution is -2.49. The summed E-state index contributed by atoms with van der Waals surface area (Å²) in [5.74, 6) is -2.96. The van der Waals surface area contributed by atoms with Crippen LogP contribution in [-0.4, -0.2) is 33.6 Å². The number of hydrazine groups is 1. The van der Waals surface area contributed by atoms with Crippen LogP contribution in [-0.2, 0) is 0 Å². The standard InChI is InChI=1S/C16H7ClN2O4.C12H10/c17-11-7-3-6-10-12(11)16(23)19(15(10)22)18-13(20)8-4-1-2-5-9(8)14(18)21;1-3-7-11(8-4-1)12-9-5-2-6-10-12/h1-7H;1-10H. The molecule has 2 heterocycles. The Hall–Kier alpha value is -4.55. The minimum Gasteiger partial charge on any atom is -0.267 e. The quantitative estimate of drug-likeness (QED) is 0.355. The molecule has 0 fully saturated rings. The molecule has 0 saturated carbocycles. The van der Waals surface area contributed by atoms with Gasteiger partial charge in [-0.15, -0.1) is 0 Å². The molecule has 0 atom stereocenters. The monoisotopic (exact) mass is 480 g/mol. The van der Waals surface area contributed by atoms with Crippen molar-refractivity contribution in [3.05, 3.63) is 130 Å². The van der Waals surface area contributed by atoms with E-state index in [4.69, 9.17) is 11.6 Å². The van der Waals surface area contributed by atoms with Crippen LogP contribution in [0.1, 0.15) is 41.4 Å². The molecule has 0 aliphatic carbocycles. The minimum absolute atomic E-state index is 0.00396. The Morgan fingerprint density at radius 3 is 1.31 bits per heavy atom. The first-order valence-corrected chi connectivity index (χ1v) is 11.1. The van der Waals surface area contributed by atoms with Gasteiger partial charge < -0.3 is 0 Å². The molecule has 4 amide bonds. The average Bonchev–Trinajstić information content (AvgIpc) is 3.30. The van der Waals surface area contributed by atoms with Crippen LogP contribution in [0.5, 0.6) is 0 Å². The number of rotatable bonds is 2. The highest BCUT2D eigenvalue weighted by molar-refractivity contribution is 6.38. The summed E-state index contributed by atoms with van der Waals surface area (Å²) in [7, 11) is 0. The van der Waals surface area contributed by atoms with Gasteiger partial charge in [-0.2, -0.15) is 10.0 Å². The smallest absolute Gasteiger partial charge is 0.267 e. The van der Waals surface area contributed by atoms with E-state index in [2.05, 4.69) is 48.5 Å². The van der Waals surface area contributed by atoms with Crippen LogP contribution in [0, 0.1) is 0 Å². The fourth-order valence-corrected chi connectivity index (χ4v) is 4.29. The van der Waals surface area contributed by atoms with E-state index in [9.17, 15) is 19.2 Å². The zero-order chi connectivity index (χ0) is 24.5. The number of fused-ring (bicyclic) bond motifs is 2. The van der Waals surface area contributed by atoms with Crippen LogP contribution >= 0.6 is 11.6 Å². The number of imide groups is 2. The minimum atomic E-state index is -0.787. The summed E-state index contributed by atoms with van der Waals surface area (Å²) in [6.45, 7) is 0. The first kappa shape index (κ1) is 22.3. The maximum atomic E-state index is 12.5. The summed E-state index contributed by atoms with van der Waals surface area (Å²) >= 11 is 5.98. The Morgan fingerprint density at radius 2 is 0.829 bits per heavy atom. The molecule has 7 heteroatoms. The summed E-state index contributed by atoms with van der Waals surface area (Å²) < 4.78 is 0. The number of nitrogens with zero attached hydrogens (tertiary/aromatic N) is 2.